The summed E-state index contributed by atoms with van der Waals surface area (Å²) in [7, 11) is 1.70. The summed E-state index contributed by atoms with van der Waals surface area (Å²) in [5.74, 6) is 1.52. The first kappa shape index (κ1) is 14.9. The van der Waals surface area contributed by atoms with Crippen molar-refractivity contribution in [3.8, 4) is 5.75 Å². The van der Waals surface area contributed by atoms with E-state index in [0.717, 1.165) is 16.6 Å². The number of hydrogen-bond acceptors (Lipinski definition) is 2. The van der Waals surface area contributed by atoms with E-state index in [2.05, 4.69) is 35.8 Å². The van der Waals surface area contributed by atoms with Gasteiger partial charge in [-0.2, -0.15) is 0 Å². The molecule has 1 saturated carbocycles. The molecule has 0 amide bonds. The van der Waals surface area contributed by atoms with Gasteiger partial charge in [0.15, 0.2) is 0 Å². The molecule has 1 aromatic carbocycles. The van der Waals surface area contributed by atoms with Crippen molar-refractivity contribution in [1.82, 2.24) is 0 Å². The Morgan fingerprint density at radius 2 is 2.21 bits per heavy atom. The van der Waals surface area contributed by atoms with Gasteiger partial charge in [-0.05, 0) is 54.4 Å². The molecule has 1 aromatic rings. The summed E-state index contributed by atoms with van der Waals surface area (Å²) >= 11 is 3.61. The van der Waals surface area contributed by atoms with Gasteiger partial charge >= 0.3 is 0 Å². The van der Waals surface area contributed by atoms with Crippen molar-refractivity contribution in [2.75, 3.05) is 7.11 Å². The van der Waals surface area contributed by atoms with E-state index in [1.54, 1.807) is 7.11 Å². The van der Waals surface area contributed by atoms with Crippen LogP contribution in [0, 0.1) is 11.3 Å². The average Bonchev–Trinajstić information content (AvgIpc) is 2.71. The maximum Gasteiger partial charge on any atom is 0.119 e. The smallest absolute Gasteiger partial charge is 0.119 e. The maximum absolute atomic E-state index is 6.49. The number of ether oxygens (including phenoxy) is 1. The Balaban J connectivity index is 2.12. The Morgan fingerprint density at radius 3 is 2.79 bits per heavy atom. The molecule has 1 aliphatic carbocycles. The molecule has 0 heterocycles. The second-order valence-corrected chi connectivity index (χ2v) is 7.17. The van der Waals surface area contributed by atoms with Crippen LogP contribution < -0.4 is 10.5 Å². The summed E-state index contributed by atoms with van der Waals surface area (Å²) < 4.78 is 6.42. The van der Waals surface area contributed by atoms with Gasteiger partial charge in [0.2, 0.25) is 0 Å². The third kappa shape index (κ3) is 3.32. The number of methoxy groups -OCH3 is 1. The Morgan fingerprint density at radius 1 is 1.47 bits per heavy atom. The number of benzene rings is 1. The molecule has 19 heavy (non-hydrogen) atoms. The van der Waals surface area contributed by atoms with E-state index in [1.807, 2.05) is 12.1 Å². The van der Waals surface area contributed by atoms with Crippen LogP contribution in [0.4, 0.5) is 0 Å². The third-order valence-electron chi connectivity index (χ3n) is 4.57. The Bertz CT molecular complexity index is 444. The van der Waals surface area contributed by atoms with Gasteiger partial charge in [-0.15, -0.1) is 0 Å². The molecule has 0 aromatic heterocycles. The molecular weight excluding hydrogens is 302 g/mol. The summed E-state index contributed by atoms with van der Waals surface area (Å²) in [4.78, 5) is 0. The fourth-order valence-corrected chi connectivity index (χ4v) is 3.79. The minimum Gasteiger partial charge on any atom is -0.497 e. The van der Waals surface area contributed by atoms with Gasteiger partial charge < -0.3 is 10.5 Å². The highest BCUT2D eigenvalue weighted by atomic mass is 79.9. The molecule has 0 aliphatic heterocycles. The molecule has 3 heteroatoms. The van der Waals surface area contributed by atoms with Gasteiger partial charge in [-0.1, -0.05) is 36.2 Å². The molecular formula is C16H24BrNO. The van der Waals surface area contributed by atoms with Gasteiger partial charge in [0.25, 0.3) is 0 Å². The van der Waals surface area contributed by atoms with Crippen LogP contribution in [-0.4, -0.2) is 13.2 Å². The highest BCUT2D eigenvalue weighted by molar-refractivity contribution is 9.10. The Hall–Kier alpha value is -0.540. The molecule has 1 aliphatic rings. The Labute approximate surface area is 124 Å². The molecule has 0 bridgehead atoms. The van der Waals surface area contributed by atoms with Crippen LogP contribution in [0.1, 0.15) is 38.7 Å². The van der Waals surface area contributed by atoms with Crippen molar-refractivity contribution in [1.29, 1.82) is 0 Å². The SMILES string of the molecule is COc1ccc(Br)c(CC(N)C2CCCC2(C)C)c1. The highest BCUT2D eigenvalue weighted by Gasteiger charge is 2.38. The second-order valence-electron chi connectivity index (χ2n) is 6.31. The van der Waals surface area contributed by atoms with Crippen LogP contribution in [0.15, 0.2) is 22.7 Å². The summed E-state index contributed by atoms with van der Waals surface area (Å²) in [6.45, 7) is 4.70. The lowest BCUT2D eigenvalue weighted by molar-refractivity contribution is 0.220. The number of rotatable bonds is 4. The standard InChI is InChI=1S/C16H24BrNO/c1-16(2)8-4-5-13(16)15(18)10-11-9-12(19-3)6-7-14(11)17/h6-7,9,13,15H,4-5,8,10,18H2,1-3H3. The van der Waals surface area contributed by atoms with E-state index in [9.17, 15) is 0 Å². The molecule has 2 N–H and O–H groups in total. The van der Waals surface area contributed by atoms with Crippen molar-refractivity contribution in [3.05, 3.63) is 28.2 Å². The van der Waals surface area contributed by atoms with Gasteiger partial charge in [-0.3, -0.25) is 0 Å². The van der Waals surface area contributed by atoms with E-state index in [1.165, 1.54) is 24.8 Å². The van der Waals surface area contributed by atoms with Crippen molar-refractivity contribution in [2.24, 2.45) is 17.1 Å². The van der Waals surface area contributed by atoms with Crippen LogP contribution in [0.2, 0.25) is 0 Å². The zero-order chi connectivity index (χ0) is 14.0. The quantitative estimate of drug-likeness (QED) is 0.902. The maximum atomic E-state index is 6.49. The lowest BCUT2D eigenvalue weighted by Crippen LogP contribution is -2.38. The van der Waals surface area contributed by atoms with Crippen LogP contribution in [0.25, 0.3) is 0 Å². The van der Waals surface area contributed by atoms with Gasteiger partial charge in [0.1, 0.15) is 5.75 Å². The van der Waals surface area contributed by atoms with Gasteiger partial charge in [0.05, 0.1) is 7.11 Å². The largest absolute Gasteiger partial charge is 0.497 e. The first-order chi connectivity index (χ1) is 8.94. The Kier molecular flexibility index (Phi) is 4.57. The molecule has 2 atom stereocenters. The summed E-state index contributed by atoms with van der Waals surface area (Å²) in [5, 5.41) is 0. The monoisotopic (exact) mass is 325 g/mol. The molecule has 2 rings (SSSR count). The molecule has 1 fully saturated rings. The molecule has 0 saturated heterocycles. The molecule has 0 radical (unpaired) electrons. The fraction of sp³-hybridized carbons (Fsp3) is 0.625. The zero-order valence-corrected chi connectivity index (χ0v) is 13.7. The van der Waals surface area contributed by atoms with Crippen molar-refractivity contribution in [3.63, 3.8) is 0 Å². The van der Waals surface area contributed by atoms with Crippen molar-refractivity contribution in [2.45, 2.75) is 45.6 Å². The number of hydrogen-bond donors (Lipinski definition) is 1. The van der Waals surface area contributed by atoms with E-state index in [0.29, 0.717) is 11.3 Å². The first-order valence-electron chi connectivity index (χ1n) is 7.02. The van der Waals surface area contributed by atoms with Crippen LogP contribution in [0.3, 0.4) is 0 Å². The van der Waals surface area contributed by atoms with Crippen LogP contribution in [-0.2, 0) is 6.42 Å². The van der Waals surface area contributed by atoms with E-state index >= 15 is 0 Å². The normalized spacial score (nSPS) is 23.3. The lowest BCUT2D eigenvalue weighted by Gasteiger charge is -2.32. The summed E-state index contributed by atoms with van der Waals surface area (Å²) in [6, 6.07) is 6.33. The van der Waals surface area contributed by atoms with Crippen LogP contribution in [0.5, 0.6) is 5.75 Å². The second kappa shape index (κ2) is 5.84. The summed E-state index contributed by atoms with van der Waals surface area (Å²) in [5.41, 5.74) is 8.11. The number of nitrogens with two attached hydrogens (primary N) is 1. The van der Waals surface area contributed by atoms with Crippen LogP contribution >= 0.6 is 15.9 Å². The first-order valence-corrected chi connectivity index (χ1v) is 7.81. The third-order valence-corrected chi connectivity index (χ3v) is 5.34. The predicted octanol–water partition coefficient (Wildman–Crippen LogP) is 4.15. The number of halogens is 1. The van der Waals surface area contributed by atoms with E-state index in [4.69, 9.17) is 10.5 Å². The van der Waals surface area contributed by atoms with E-state index in [-0.39, 0.29) is 6.04 Å². The average molecular weight is 326 g/mol. The minimum absolute atomic E-state index is 0.223. The highest BCUT2D eigenvalue weighted by Crippen LogP contribution is 2.44. The topological polar surface area (TPSA) is 35.2 Å². The minimum atomic E-state index is 0.223. The molecule has 0 spiro atoms. The lowest BCUT2D eigenvalue weighted by atomic mass is 9.76. The summed E-state index contributed by atoms with van der Waals surface area (Å²) in [6.07, 6.45) is 4.77. The zero-order valence-electron chi connectivity index (χ0n) is 12.1. The molecule has 106 valence electrons. The van der Waals surface area contributed by atoms with Crippen molar-refractivity contribution < 1.29 is 4.74 Å². The van der Waals surface area contributed by atoms with Gasteiger partial charge in [0, 0.05) is 10.5 Å². The molecule has 2 nitrogen and oxygen atoms in total. The van der Waals surface area contributed by atoms with E-state index < -0.39 is 0 Å². The fourth-order valence-electron chi connectivity index (χ4n) is 3.38. The predicted molar refractivity (Wildman–Crippen MR) is 83.5 cm³/mol. The van der Waals surface area contributed by atoms with Gasteiger partial charge in [-0.25, -0.2) is 0 Å². The van der Waals surface area contributed by atoms with Crippen molar-refractivity contribution >= 4 is 15.9 Å². The molecule has 2 unspecified atom stereocenters.